The van der Waals surface area contributed by atoms with Gasteiger partial charge in [0.15, 0.2) is 0 Å². The Morgan fingerprint density at radius 1 is 0.974 bits per heavy atom. The summed E-state index contributed by atoms with van der Waals surface area (Å²) in [6.45, 7) is 8.39. The number of nitrogens with zero attached hydrogens (tertiary/aromatic N) is 3. The van der Waals surface area contributed by atoms with Gasteiger partial charge in [-0.15, -0.1) is 24.8 Å². The Morgan fingerprint density at radius 2 is 1.68 bits per heavy atom. The molecule has 0 spiro atoms. The van der Waals surface area contributed by atoms with Gasteiger partial charge < -0.3 is 29.9 Å². The predicted molar refractivity (Wildman–Crippen MR) is 158 cm³/mol. The molecule has 1 fully saturated rings. The fourth-order valence-corrected chi connectivity index (χ4v) is 4.27. The second-order valence-electron chi connectivity index (χ2n) is 9.33. The topological polar surface area (TPSA) is 88.3 Å². The van der Waals surface area contributed by atoms with Crippen molar-refractivity contribution in [2.75, 3.05) is 64.1 Å². The fourth-order valence-electron chi connectivity index (χ4n) is 4.27. The van der Waals surface area contributed by atoms with E-state index < -0.39 is 0 Å². The van der Waals surface area contributed by atoms with E-state index >= 15 is 0 Å². The number of ether oxygens (including phenoxy) is 2. The van der Waals surface area contributed by atoms with Gasteiger partial charge in [0.05, 0.1) is 30.2 Å². The molecule has 38 heavy (non-hydrogen) atoms. The van der Waals surface area contributed by atoms with Gasteiger partial charge in [-0.1, -0.05) is 12.1 Å². The third kappa shape index (κ3) is 8.96. The van der Waals surface area contributed by atoms with Crippen LogP contribution in [0.1, 0.15) is 48.5 Å². The second-order valence-corrected chi connectivity index (χ2v) is 9.33. The van der Waals surface area contributed by atoms with Crippen molar-refractivity contribution in [2.45, 2.75) is 39.5 Å². The summed E-state index contributed by atoms with van der Waals surface area (Å²) in [4.78, 5) is 31.5. The SMILES string of the molecule is CCOc1cccc(C(=O)N(C)c2ccc(C)cc2OCCCCCC(=O)N2CCN(C)CC2)c1N.Cl.Cl. The van der Waals surface area contributed by atoms with E-state index in [0.717, 1.165) is 51.0 Å². The molecule has 2 amide bonds. The van der Waals surface area contributed by atoms with Crippen molar-refractivity contribution in [3.63, 3.8) is 0 Å². The molecule has 0 radical (unpaired) electrons. The number of amides is 2. The molecule has 0 aliphatic carbocycles. The van der Waals surface area contributed by atoms with Crippen molar-refractivity contribution in [2.24, 2.45) is 0 Å². The number of aryl methyl sites for hydroxylation is 1. The first-order valence-electron chi connectivity index (χ1n) is 12.8. The molecular weight excluding hydrogens is 527 g/mol. The monoisotopic (exact) mass is 568 g/mol. The van der Waals surface area contributed by atoms with Crippen molar-refractivity contribution in [1.82, 2.24) is 9.80 Å². The second kappa shape index (κ2) is 16.3. The van der Waals surface area contributed by atoms with Crippen molar-refractivity contribution in [3.05, 3.63) is 47.5 Å². The summed E-state index contributed by atoms with van der Waals surface area (Å²) in [5.74, 6) is 1.17. The summed E-state index contributed by atoms with van der Waals surface area (Å²) < 4.78 is 11.6. The zero-order chi connectivity index (χ0) is 26.1. The van der Waals surface area contributed by atoms with Crippen molar-refractivity contribution in [3.8, 4) is 11.5 Å². The molecule has 212 valence electrons. The van der Waals surface area contributed by atoms with Gasteiger partial charge in [0.2, 0.25) is 5.91 Å². The van der Waals surface area contributed by atoms with Crippen LogP contribution in [0.25, 0.3) is 0 Å². The van der Waals surface area contributed by atoms with Crippen LogP contribution >= 0.6 is 24.8 Å². The summed E-state index contributed by atoms with van der Waals surface area (Å²) in [5.41, 5.74) is 8.66. The van der Waals surface area contributed by atoms with E-state index in [-0.39, 0.29) is 36.6 Å². The van der Waals surface area contributed by atoms with Crippen LogP contribution in [0.3, 0.4) is 0 Å². The molecular formula is C28H42Cl2N4O4. The van der Waals surface area contributed by atoms with E-state index in [4.69, 9.17) is 15.2 Å². The molecule has 0 aromatic heterocycles. The number of carbonyl (C=O) groups excluding carboxylic acids is 2. The molecule has 8 nitrogen and oxygen atoms in total. The van der Waals surface area contributed by atoms with Gasteiger partial charge in [0.25, 0.3) is 5.91 Å². The van der Waals surface area contributed by atoms with Gasteiger partial charge in [0, 0.05) is 39.6 Å². The quantitative estimate of drug-likeness (QED) is 0.309. The molecule has 2 aromatic carbocycles. The number of para-hydroxylation sites is 1. The van der Waals surface area contributed by atoms with Crippen LogP contribution in [0.2, 0.25) is 0 Å². The third-order valence-electron chi connectivity index (χ3n) is 6.53. The molecule has 1 aliphatic heterocycles. The van der Waals surface area contributed by atoms with Gasteiger partial charge in [0.1, 0.15) is 11.5 Å². The largest absolute Gasteiger partial charge is 0.492 e. The minimum Gasteiger partial charge on any atom is -0.492 e. The number of piperazine rings is 1. The molecule has 0 saturated carbocycles. The van der Waals surface area contributed by atoms with E-state index in [2.05, 4.69) is 11.9 Å². The first kappa shape index (κ1) is 33.3. The third-order valence-corrected chi connectivity index (χ3v) is 6.53. The smallest absolute Gasteiger partial charge is 0.260 e. The summed E-state index contributed by atoms with van der Waals surface area (Å²) in [7, 11) is 3.81. The standard InChI is InChI=1S/C28H40N4O4.2ClH/c1-5-35-24-11-9-10-22(27(24)29)28(34)31(4)23-14-13-21(2)20-25(23)36-19-8-6-7-12-26(33)32-17-15-30(3)16-18-32;;/h9-11,13-14,20H,5-8,12,15-19,29H2,1-4H3;2*1H. The molecule has 1 heterocycles. The zero-order valence-electron chi connectivity index (χ0n) is 22.9. The highest BCUT2D eigenvalue weighted by atomic mass is 35.5. The highest BCUT2D eigenvalue weighted by Crippen LogP contribution is 2.32. The normalized spacial score (nSPS) is 13.2. The van der Waals surface area contributed by atoms with E-state index in [9.17, 15) is 9.59 Å². The van der Waals surface area contributed by atoms with Gasteiger partial charge in [-0.3, -0.25) is 9.59 Å². The Hall–Kier alpha value is -2.68. The lowest BCUT2D eigenvalue weighted by Gasteiger charge is -2.32. The Balaban J connectivity index is 0.00000361. The number of benzene rings is 2. The first-order chi connectivity index (χ1) is 17.3. The van der Waals surface area contributed by atoms with Crippen LogP contribution in [0.4, 0.5) is 11.4 Å². The van der Waals surface area contributed by atoms with Crippen LogP contribution in [0.15, 0.2) is 36.4 Å². The minimum atomic E-state index is -0.231. The highest BCUT2D eigenvalue weighted by Gasteiger charge is 2.21. The molecule has 2 N–H and O–H groups in total. The lowest BCUT2D eigenvalue weighted by atomic mass is 10.1. The molecule has 2 aromatic rings. The molecule has 1 aliphatic rings. The van der Waals surface area contributed by atoms with Crippen LogP contribution in [0.5, 0.6) is 11.5 Å². The average molecular weight is 570 g/mol. The number of unbranched alkanes of at least 4 members (excludes halogenated alkanes) is 2. The Kier molecular flexibility index (Phi) is 14.3. The van der Waals surface area contributed by atoms with Crippen LogP contribution in [-0.2, 0) is 4.79 Å². The lowest BCUT2D eigenvalue weighted by molar-refractivity contribution is -0.132. The summed E-state index contributed by atoms with van der Waals surface area (Å²) in [5, 5.41) is 0. The number of anilines is 2. The number of rotatable bonds is 11. The van der Waals surface area contributed by atoms with Gasteiger partial charge in [-0.25, -0.2) is 0 Å². The minimum absolute atomic E-state index is 0. The average Bonchev–Trinajstić information content (AvgIpc) is 2.87. The van der Waals surface area contributed by atoms with Crippen molar-refractivity contribution in [1.29, 1.82) is 0 Å². The van der Waals surface area contributed by atoms with Gasteiger partial charge >= 0.3 is 0 Å². The fraction of sp³-hybridized carbons (Fsp3) is 0.500. The number of halogens is 2. The van der Waals surface area contributed by atoms with Crippen LogP contribution in [0, 0.1) is 6.92 Å². The molecule has 3 rings (SSSR count). The molecule has 0 unspecified atom stereocenters. The van der Waals surface area contributed by atoms with E-state index in [1.807, 2.05) is 36.9 Å². The Bertz CT molecular complexity index is 1050. The van der Waals surface area contributed by atoms with Gasteiger partial charge in [-0.2, -0.15) is 0 Å². The summed E-state index contributed by atoms with van der Waals surface area (Å²) >= 11 is 0. The molecule has 10 heteroatoms. The Labute approximate surface area is 239 Å². The maximum Gasteiger partial charge on any atom is 0.260 e. The molecule has 0 bridgehead atoms. The lowest BCUT2D eigenvalue weighted by Crippen LogP contribution is -2.47. The number of hydrogen-bond acceptors (Lipinski definition) is 6. The van der Waals surface area contributed by atoms with Gasteiger partial charge in [-0.05, 0) is 70.0 Å². The summed E-state index contributed by atoms with van der Waals surface area (Å²) in [6, 6.07) is 11.0. The van der Waals surface area contributed by atoms with Crippen LogP contribution < -0.4 is 20.1 Å². The van der Waals surface area contributed by atoms with E-state index in [1.165, 1.54) is 0 Å². The first-order valence-corrected chi connectivity index (χ1v) is 12.8. The highest BCUT2D eigenvalue weighted by molar-refractivity contribution is 6.10. The molecule has 0 atom stereocenters. The maximum absolute atomic E-state index is 13.3. The predicted octanol–water partition coefficient (Wildman–Crippen LogP) is 4.81. The van der Waals surface area contributed by atoms with E-state index in [1.54, 1.807) is 30.1 Å². The van der Waals surface area contributed by atoms with Crippen molar-refractivity contribution >= 4 is 48.0 Å². The van der Waals surface area contributed by atoms with E-state index in [0.29, 0.717) is 48.1 Å². The molecule has 1 saturated heterocycles. The van der Waals surface area contributed by atoms with Crippen LogP contribution in [-0.4, -0.2) is 75.1 Å². The number of likely N-dealkylation sites (N-methyl/N-ethyl adjacent to an activating group) is 1. The number of nitrogen functional groups attached to an aromatic ring is 1. The van der Waals surface area contributed by atoms with Crippen molar-refractivity contribution < 1.29 is 19.1 Å². The number of nitrogens with two attached hydrogens (primary N) is 1. The summed E-state index contributed by atoms with van der Waals surface area (Å²) in [6.07, 6.45) is 3.18. The number of hydrogen-bond donors (Lipinski definition) is 1. The maximum atomic E-state index is 13.3. The Morgan fingerprint density at radius 3 is 2.37 bits per heavy atom. The zero-order valence-corrected chi connectivity index (χ0v) is 24.5. The number of carbonyl (C=O) groups is 2.